The smallest absolute Gasteiger partial charge is 0.321 e. The highest BCUT2D eigenvalue weighted by atomic mass is 16.4. The number of hydrogen-bond donors (Lipinski definition) is 4. The Morgan fingerprint density at radius 1 is 1.33 bits per heavy atom. The first-order valence-corrected chi connectivity index (χ1v) is 3.96. The molecule has 0 amide bonds. The Kier molecular flexibility index (Phi) is 1.61. The lowest BCUT2D eigenvalue weighted by Crippen LogP contribution is -2.54. The van der Waals surface area contributed by atoms with Crippen molar-refractivity contribution in [3.63, 3.8) is 0 Å². The van der Waals surface area contributed by atoms with Crippen molar-refractivity contribution in [2.24, 2.45) is 5.92 Å². The Balaban J connectivity index is 2.15. The Bertz CT molecular complexity index is 217. The van der Waals surface area contributed by atoms with Gasteiger partial charge < -0.3 is 15.3 Å². The van der Waals surface area contributed by atoms with Crippen LogP contribution in [0.5, 0.6) is 0 Å². The van der Waals surface area contributed by atoms with Crippen LogP contribution in [0.2, 0.25) is 0 Å². The summed E-state index contributed by atoms with van der Waals surface area (Å²) < 4.78 is 0. The fourth-order valence-corrected chi connectivity index (χ4v) is 2.17. The molecule has 2 bridgehead atoms. The van der Waals surface area contributed by atoms with E-state index < -0.39 is 24.2 Å². The van der Waals surface area contributed by atoms with Crippen LogP contribution in [-0.4, -0.2) is 45.6 Å². The largest absolute Gasteiger partial charge is 0.480 e. The summed E-state index contributed by atoms with van der Waals surface area (Å²) in [5.74, 6) is -1.28. The van der Waals surface area contributed by atoms with Crippen molar-refractivity contribution in [1.29, 1.82) is 0 Å². The predicted molar refractivity (Wildman–Crippen MR) is 38.5 cm³/mol. The lowest BCUT2D eigenvalue weighted by Gasteiger charge is -2.28. The summed E-state index contributed by atoms with van der Waals surface area (Å²) in [6, 6.07) is -0.931. The third-order valence-electron chi connectivity index (χ3n) is 2.81. The lowest BCUT2D eigenvalue weighted by molar-refractivity contribution is -0.143. The Morgan fingerprint density at radius 2 is 2.00 bits per heavy atom. The van der Waals surface area contributed by atoms with Crippen molar-refractivity contribution >= 4 is 5.97 Å². The van der Waals surface area contributed by atoms with E-state index in [1.807, 2.05) is 0 Å². The van der Waals surface area contributed by atoms with Gasteiger partial charge in [-0.1, -0.05) is 0 Å². The SMILES string of the molecule is O=C(O)C1NC2CC1C(O)C2O. The molecule has 5 heteroatoms. The quantitative estimate of drug-likeness (QED) is 0.374. The van der Waals surface area contributed by atoms with Gasteiger partial charge in [-0.2, -0.15) is 0 Å². The monoisotopic (exact) mass is 173 g/mol. The van der Waals surface area contributed by atoms with Gasteiger partial charge in [0.05, 0.1) is 12.2 Å². The third-order valence-corrected chi connectivity index (χ3v) is 2.81. The summed E-state index contributed by atoms with van der Waals surface area (Å²) in [6.45, 7) is 0. The highest BCUT2D eigenvalue weighted by molar-refractivity contribution is 5.75. The van der Waals surface area contributed by atoms with Crippen LogP contribution in [0.4, 0.5) is 0 Å². The van der Waals surface area contributed by atoms with E-state index in [1.54, 1.807) is 0 Å². The van der Waals surface area contributed by atoms with E-state index in [0.717, 1.165) is 0 Å². The number of rotatable bonds is 1. The number of aliphatic hydroxyl groups is 2. The van der Waals surface area contributed by atoms with Crippen LogP contribution in [0.1, 0.15) is 6.42 Å². The van der Waals surface area contributed by atoms with Gasteiger partial charge in [0.15, 0.2) is 0 Å². The first-order valence-electron chi connectivity index (χ1n) is 3.96. The van der Waals surface area contributed by atoms with Gasteiger partial charge in [-0.25, -0.2) is 0 Å². The second-order valence-electron chi connectivity index (χ2n) is 3.47. The molecule has 1 aliphatic carbocycles. The summed E-state index contributed by atoms with van der Waals surface area (Å²) in [5.41, 5.74) is 0. The second kappa shape index (κ2) is 2.42. The van der Waals surface area contributed by atoms with Crippen molar-refractivity contribution in [2.75, 3.05) is 0 Å². The summed E-state index contributed by atoms with van der Waals surface area (Å²) in [5, 5.41) is 30.1. The highest BCUT2D eigenvalue weighted by Gasteiger charge is 2.53. The van der Waals surface area contributed by atoms with E-state index in [-0.39, 0.29) is 12.0 Å². The molecule has 0 aromatic rings. The van der Waals surface area contributed by atoms with E-state index in [0.29, 0.717) is 6.42 Å². The van der Waals surface area contributed by atoms with Gasteiger partial charge in [0, 0.05) is 12.0 Å². The summed E-state index contributed by atoms with van der Waals surface area (Å²) in [6.07, 6.45) is -1.12. The Morgan fingerprint density at radius 3 is 2.42 bits per heavy atom. The van der Waals surface area contributed by atoms with Crippen LogP contribution < -0.4 is 5.32 Å². The zero-order valence-electron chi connectivity index (χ0n) is 6.34. The molecule has 0 aromatic carbocycles. The number of nitrogens with one attached hydrogen (secondary N) is 1. The van der Waals surface area contributed by atoms with Gasteiger partial charge in [0.25, 0.3) is 0 Å². The van der Waals surface area contributed by atoms with E-state index in [2.05, 4.69) is 5.32 Å². The number of carboxylic acid groups (broad SMARTS) is 1. The zero-order valence-corrected chi connectivity index (χ0v) is 6.34. The van der Waals surface area contributed by atoms with Crippen molar-refractivity contribution in [3.05, 3.63) is 0 Å². The van der Waals surface area contributed by atoms with Gasteiger partial charge >= 0.3 is 5.97 Å². The van der Waals surface area contributed by atoms with Crippen LogP contribution >= 0.6 is 0 Å². The summed E-state index contributed by atoms with van der Waals surface area (Å²) in [7, 11) is 0. The van der Waals surface area contributed by atoms with Gasteiger partial charge in [-0.3, -0.25) is 10.1 Å². The van der Waals surface area contributed by atoms with Crippen LogP contribution in [0, 0.1) is 5.92 Å². The maximum Gasteiger partial charge on any atom is 0.321 e. The first-order chi connectivity index (χ1) is 5.61. The standard InChI is InChI=1S/C7H11NO4/c9-5-2-1-3(6(5)10)8-4(2)7(11)12/h2-6,8-10H,1H2,(H,11,12). The average molecular weight is 173 g/mol. The predicted octanol–water partition coefficient (Wildman–Crippen LogP) is -1.85. The Hall–Kier alpha value is -0.650. The number of fused-ring (bicyclic) bond motifs is 2. The number of piperidine rings is 1. The van der Waals surface area contributed by atoms with Crippen LogP contribution in [0.3, 0.4) is 0 Å². The molecule has 5 atom stereocenters. The molecule has 4 N–H and O–H groups in total. The molecule has 2 rings (SSSR count). The molecule has 0 radical (unpaired) electrons. The molecule has 1 saturated carbocycles. The van der Waals surface area contributed by atoms with Crippen LogP contribution in [-0.2, 0) is 4.79 Å². The number of aliphatic hydroxyl groups excluding tert-OH is 2. The van der Waals surface area contributed by atoms with Gasteiger partial charge in [-0.15, -0.1) is 0 Å². The van der Waals surface area contributed by atoms with E-state index in [9.17, 15) is 15.0 Å². The highest BCUT2D eigenvalue weighted by Crippen LogP contribution is 2.35. The maximum absolute atomic E-state index is 10.6. The molecule has 1 saturated heterocycles. The van der Waals surface area contributed by atoms with Crippen molar-refractivity contribution in [2.45, 2.75) is 30.7 Å². The van der Waals surface area contributed by atoms with Gasteiger partial charge in [0.1, 0.15) is 6.04 Å². The molecule has 1 heterocycles. The zero-order chi connectivity index (χ0) is 8.88. The minimum atomic E-state index is -0.951. The molecule has 1 aliphatic heterocycles. The van der Waals surface area contributed by atoms with Crippen molar-refractivity contribution in [3.8, 4) is 0 Å². The van der Waals surface area contributed by atoms with Gasteiger partial charge in [-0.05, 0) is 6.42 Å². The molecule has 12 heavy (non-hydrogen) atoms. The minimum absolute atomic E-state index is 0.244. The topological polar surface area (TPSA) is 89.8 Å². The fraction of sp³-hybridized carbons (Fsp3) is 0.857. The number of hydrogen-bond acceptors (Lipinski definition) is 4. The van der Waals surface area contributed by atoms with Crippen molar-refractivity contribution < 1.29 is 20.1 Å². The molecule has 0 spiro atoms. The Labute approximate surface area is 69.0 Å². The molecule has 5 nitrogen and oxygen atoms in total. The van der Waals surface area contributed by atoms with Crippen LogP contribution in [0.25, 0.3) is 0 Å². The molecular formula is C7H11NO4. The fourth-order valence-electron chi connectivity index (χ4n) is 2.17. The molecule has 5 unspecified atom stereocenters. The molecule has 2 fully saturated rings. The number of aliphatic carboxylic acids is 1. The van der Waals surface area contributed by atoms with E-state index in [4.69, 9.17) is 5.11 Å². The summed E-state index contributed by atoms with van der Waals surface area (Å²) >= 11 is 0. The van der Waals surface area contributed by atoms with Crippen LogP contribution in [0.15, 0.2) is 0 Å². The molecule has 68 valence electrons. The van der Waals surface area contributed by atoms with E-state index >= 15 is 0 Å². The molecule has 0 aromatic heterocycles. The normalized spacial score (nSPS) is 51.3. The molecule has 2 aliphatic rings. The first kappa shape index (κ1) is 7.97. The molecular weight excluding hydrogens is 162 g/mol. The maximum atomic E-state index is 10.6. The number of carboxylic acids is 1. The third kappa shape index (κ3) is 0.872. The number of carbonyl (C=O) groups is 1. The minimum Gasteiger partial charge on any atom is -0.480 e. The second-order valence-corrected chi connectivity index (χ2v) is 3.47. The summed E-state index contributed by atoms with van der Waals surface area (Å²) in [4.78, 5) is 10.6. The van der Waals surface area contributed by atoms with Crippen molar-refractivity contribution in [1.82, 2.24) is 5.32 Å². The lowest BCUT2D eigenvalue weighted by atomic mass is 9.96. The van der Waals surface area contributed by atoms with E-state index in [1.165, 1.54) is 0 Å². The average Bonchev–Trinajstić information content (AvgIpc) is 2.53. The van der Waals surface area contributed by atoms with Gasteiger partial charge in [0.2, 0.25) is 0 Å².